The van der Waals surface area contributed by atoms with Crippen molar-refractivity contribution in [1.82, 2.24) is 20.4 Å². The molecule has 0 saturated carbocycles. The first kappa shape index (κ1) is 23.0. The second kappa shape index (κ2) is 12.2. The summed E-state index contributed by atoms with van der Waals surface area (Å²) in [6, 6.07) is 4.52. The number of morpholine rings is 1. The van der Waals surface area contributed by atoms with Crippen molar-refractivity contribution in [2.45, 2.75) is 31.4 Å². The highest BCUT2D eigenvalue weighted by Crippen LogP contribution is 2.25. The second-order valence-corrected chi connectivity index (χ2v) is 8.86. The number of carbonyl (C=O) groups is 1. The first-order valence-corrected chi connectivity index (χ1v) is 11.7. The first-order valence-electron chi connectivity index (χ1n) is 10.8. The molecule has 3 heterocycles. The third-order valence-corrected chi connectivity index (χ3v) is 6.44. The van der Waals surface area contributed by atoms with E-state index in [0.717, 1.165) is 45.8 Å². The number of rotatable bonds is 8. The maximum absolute atomic E-state index is 12.0. The summed E-state index contributed by atoms with van der Waals surface area (Å²) >= 11 is 1.77. The van der Waals surface area contributed by atoms with Gasteiger partial charge in [-0.3, -0.25) is 9.69 Å². The maximum atomic E-state index is 12.0. The lowest BCUT2D eigenvalue weighted by Gasteiger charge is -2.34. The van der Waals surface area contributed by atoms with E-state index in [1.54, 1.807) is 30.3 Å². The Bertz CT molecular complexity index is 656. The number of guanidine groups is 1. The van der Waals surface area contributed by atoms with Crippen molar-refractivity contribution in [2.75, 3.05) is 66.6 Å². The average molecular weight is 438 g/mol. The molecular formula is C21H35N5O3S. The SMILES string of the molecule is CN(C)C(=O)CN=C(NCC1CCCCO1)NCC(c1cccs1)N1CCOCC1. The van der Waals surface area contributed by atoms with Crippen LogP contribution < -0.4 is 10.6 Å². The van der Waals surface area contributed by atoms with Crippen molar-refractivity contribution in [3.8, 4) is 0 Å². The van der Waals surface area contributed by atoms with Gasteiger partial charge < -0.3 is 25.0 Å². The van der Waals surface area contributed by atoms with Gasteiger partial charge in [-0.2, -0.15) is 0 Å². The van der Waals surface area contributed by atoms with Crippen LogP contribution in [0.3, 0.4) is 0 Å². The van der Waals surface area contributed by atoms with Crippen LogP contribution in [0.5, 0.6) is 0 Å². The van der Waals surface area contributed by atoms with Gasteiger partial charge in [0.1, 0.15) is 6.54 Å². The molecule has 0 aliphatic carbocycles. The summed E-state index contributed by atoms with van der Waals surface area (Å²) in [5.41, 5.74) is 0. The predicted molar refractivity (Wildman–Crippen MR) is 120 cm³/mol. The maximum Gasteiger partial charge on any atom is 0.243 e. The molecule has 1 amide bonds. The van der Waals surface area contributed by atoms with Gasteiger partial charge in [-0.1, -0.05) is 6.07 Å². The molecule has 2 N–H and O–H groups in total. The Morgan fingerprint density at radius 1 is 1.30 bits per heavy atom. The monoisotopic (exact) mass is 437 g/mol. The molecule has 2 saturated heterocycles. The molecule has 1 aromatic heterocycles. The lowest BCUT2D eigenvalue weighted by Crippen LogP contribution is -2.48. The summed E-state index contributed by atoms with van der Waals surface area (Å²) in [6.45, 7) is 5.71. The number of likely N-dealkylation sites (N-methyl/N-ethyl adjacent to an activating group) is 1. The molecule has 0 radical (unpaired) electrons. The van der Waals surface area contributed by atoms with Crippen LogP contribution in [0.15, 0.2) is 22.5 Å². The quantitative estimate of drug-likeness (QED) is 0.472. The third kappa shape index (κ3) is 7.23. The fraction of sp³-hybridized carbons (Fsp3) is 0.714. The van der Waals surface area contributed by atoms with Crippen LogP contribution in [-0.2, 0) is 14.3 Å². The molecule has 0 spiro atoms. The summed E-state index contributed by atoms with van der Waals surface area (Å²) in [7, 11) is 3.50. The number of nitrogens with zero attached hydrogens (tertiary/aromatic N) is 3. The van der Waals surface area contributed by atoms with Gasteiger partial charge in [-0.05, 0) is 30.7 Å². The molecular weight excluding hydrogens is 402 g/mol. The van der Waals surface area contributed by atoms with Crippen molar-refractivity contribution >= 4 is 23.2 Å². The highest BCUT2D eigenvalue weighted by atomic mass is 32.1. The summed E-state index contributed by atoms with van der Waals surface area (Å²) in [6.07, 6.45) is 3.59. The van der Waals surface area contributed by atoms with E-state index in [9.17, 15) is 4.79 Å². The second-order valence-electron chi connectivity index (χ2n) is 7.88. The van der Waals surface area contributed by atoms with E-state index in [4.69, 9.17) is 9.47 Å². The Balaban J connectivity index is 1.63. The van der Waals surface area contributed by atoms with Gasteiger partial charge in [-0.25, -0.2) is 4.99 Å². The Kier molecular flexibility index (Phi) is 9.38. The van der Waals surface area contributed by atoms with Gasteiger partial charge in [0.15, 0.2) is 5.96 Å². The van der Waals surface area contributed by atoms with Crippen molar-refractivity contribution in [3.63, 3.8) is 0 Å². The number of thiophene rings is 1. The minimum Gasteiger partial charge on any atom is -0.379 e. The molecule has 2 fully saturated rings. The Labute approximate surface area is 183 Å². The van der Waals surface area contributed by atoms with E-state index in [1.165, 1.54) is 11.3 Å². The summed E-state index contributed by atoms with van der Waals surface area (Å²) in [4.78, 5) is 21.9. The smallest absolute Gasteiger partial charge is 0.243 e. The molecule has 2 aliphatic rings. The number of aliphatic imine (C=N–C) groups is 1. The normalized spacial score (nSPS) is 21.8. The van der Waals surface area contributed by atoms with Crippen molar-refractivity contribution in [2.24, 2.45) is 4.99 Å². The predicted octanol–water partition coefficient (Wildman–Crippen LogP) is 1.31. The zero-order valence-electron chi connectivity index (χ0n) is 18.1. The standard InChI is InChI=1S/C21H35N5O3S/c1-25(2)20(27)16-24-21(22-14-17-6-3-4-10-29-17)23-15-18(19-7-5-13-30-19)26-8-11-28-12-9-26/h5,7,13,17-18H,3-4,6,8-12,14-16H2,1-2H3,(H2,22,23,24). The summed E-state index contributed by atoms with van der Waals surface area (Å²) in [5.74, 6) is 0.641. The molecule has 2 atom stereocenters. The molecule has 2 unspecified atom stereocenters. The van der Waals surface area contributed by atoms with Gasteiger partial charge in [-0.15, -0.1) is 11.3 Å². The average Bonchev–Trinajstić information content (AvgIpc) is 3.31. The molecule has 8 nitrogen and oxygen atoms in total. The Hall–Kier alpha value is -1.68. The van der Waals surface area contributed by atoms with Gasteiger partial charge in [0.05, 0.1) is 25.4 Å². The van der Waals surface area contributed by atoms with E-state index in [1.807, 2.05) is 0 Å². The largest absolute Gasteiger partial charge is 0.379 e. The first-order chi connectivity index (χ1) is 14.6. The minimum atomic E-state index is -0.0204. The van der Waals surface area contributed by atoms with Crippen LogP contribution in [0.25, 0.3) is 0 Å². The van der Waals surface area contributed by atoms with Gasteiger partial charge in [0.25, 0.3) is 0 Å². The highest BCUT2D eigenvalue weighted by Gasteiger charge is 2.24. The van der Waals surface area contributed by atoms with Gasteiger partial charge >= 0.3 is 0 Å². The number of carbonyl (C=O) groups excluding carboxylic acids is 1. The number of hydrogen-bond acceptors (Lipinski definition) is 6. The van der Waals surface area contributed by atoms with E-state index < -0.39 is 0 Å². The Morgan fingerprint density at radius 2 is 2.13 bits per heavy atom. The topological polar surface area (TPSA) is 78.4 Å². The number of ether oxygens (including phenoxy) is 2. The zero-order valence-corrected chi connectivity index (χ0v) is 19.0. The third-order valence-electron chi connectivity index (χ3n) is 5.46. The zero-order chi connectivity index (χ0) is 21.2. The minimum absolute atomic E-state index is 0.0204. The van der Waals surface area contributed by atoms with E-state index in [0.29, 0.717) is 19.0 Å². The van der Waals surface area contributed by atoms with Crippen LogP contribution in [0, 0.1) is 0 Å². The number of hydrogen-bond donors (Lipinski definition) is 2. The van der Waals surface area contributed by atoms with Crippen molar-refractivity contribution < 1.29 is 14.3 Å². The van der Waals surface area contributed by atoms with Crippen molar-refractivity contribution in [1.29, 1.82) is 0 Å². The van der Waals surface area contributed by atoms with Crippen LogP contribution in [0.4, 0.5) is 0 Å². The van der Waals surface area contributed by atoms with Gasteiger partial charge in [0.2, 0.25) is 5.91 Å². The molecule has 30 heavy (non-hydrogen) atoms. The van der Waals surface area contributed by atoms with Crippen LogP contribution >= 0.6 is 11.3 Å². The molecule has 3 rings (SSSR count). The number of nitrogens with one attached hydrogen (secondary N) is 2. The summed E-state index contributed by atoms with van der Waals surface area (Å²) < 4.78 is 11.4. The molecule has 0 aromatic carbocycles. The van der Waals surface area contributed by atoms with E-state index >= 15 is 0 Å². The summed E-state index contributed by atoms with van der Waals surface area (Å²) in [5, 5.41) is 8.98. The molecule has 2 aliphatic heterocycles. The van der Waals surface area contributed by atoms with E-state index in [2.05, 4.69) is 38.0 Å². The van der Waals surface area contributed by atoms with Crippen LogP contribution in [0.2, 0.25) is 0 Å². The lowest BCUT2D eigenvalue weighted by atomic mass is 10.1. The number of amides is 1. The molecule has 1 aromatic rings. The van der Waals surface area contributed by atoms with Crippen LogP contribution in [0.1, 0.15) is 30.2 Å². The molecule has 168 valence electrons. The molecule has 9 heteroatoms. The fourth-order valence-electron chi connectivity index (χ4n) is 3.61. The van der Waals surface area contributed by atoms with E-state index in [-0.39, 0.29) is 24.6 Å². The molecule has 0 bridgehead atoms. The Morgan fingerprint density at radius 3 is 2.80 bits per heavy atom. The highest BCUT2D eigenvalue weighted by molar-refractivity contribution is 7.10. The van der Waals surface area contributed by atoms with Crippen molar-refractivity contribution in [3.05, 3.63) is 22.4 Å². The van der Waals surface area contributed by atoms with Gasteiger partial charge in [0, 0.05) is 51.8 Å². The lowest BCUT2D eigenvalue weighted by molar-refractivity contribution is -0.127. The fourth-order valence-corrected chi connectivity index (χ4v) is 4.48. The van der Waals surface area contributed by atoms with Crippen LogP contribution in [-0.4, -0.2) is 94.4 Å².